The second-order valence-corrected chi connectivity index (χ2v) is 8.26. The van der Waals surface area contributed by atoms with Crippen LogP contribution in [0.3, 0.4) is 0 Å². The summed E-state index contributed by atoms with van der Waals surface area (Å²) >= 11 is 0. The van der Waals surface area contributed by atoms with Gasteiger partial charge in [-0.1, -0.05) is 12.1 Å². The number of rotatable bonds is 7. The molecule has 1 aliphatic heterocycles. The molecule has 1 saturated heterocycles. The monoisotopic (exact) mass is 417 g/mol. The number of hydrogen-bond acceptors (Lipinski definition) is 6. The van der Waals surface area contributed by atoms with E-state index in [1.165, 1.54) is 24.9 Å². The lowest BCUT2D eigenvalue weighted by atomic mass is 10.1. The fourth-order valence-corrected chi connectivity index (χ4v) is 4.01. The van der Waals surface area contributed by atoms with Crippen LogP contribution in [0.25, 0.3) is 11.4 Å². The Morgan fingerprint density at radius 1 is 1.00 bits per heavy atom. The molecule has 2 heterocycles. The third kappa shape index (κ3) is 4.68. The van der Waals surface area contributed by atoms with Crippen LogP contribution in [0.2, 0.25) is 0 Å². The lowest BCUT2D eigenvalue weighted by Gasteiger charge is -2.28. The summed E-state index contributed by atoms with van der Waals surface area (Å²) < 4.78 is 1.89. The van der Waals surface area contributed by atoms with Crippen LogP contribution in [0.4, 0.5) is 17.1 Å². The molecule has 1 aromatic heterocycles. The topological polar surface area (TPSA) is 88.0 Å². The minimum atomic E-state index is -0.0843. The van der Waals surface area contributed by atoms with E-state index < -0.39 is 0 Å². The SMILES string of the molecule is O=C(CNc1cccc(-c2nnnn2C2CC2)c1)Nc1ccc(N2CCCCC2)cc1. The number of nitrogens with one attached hydrogen (secondary N) is 2. The van der Waals surface area contributed by atoms with Gasteiger partial charge in [0.25, 0.3) is 0 Å². The number of aromatic nitrogens is 4. The molecule has 0 bridgehead atoms. The van der Waals surface area contributed by atoms with Crippen LogP contribution in [-0.2, 0) is 4.79 Å². The molecule has 160 valence electrons. The van der Waals surface area contributed by atoms with E-state index in [1.54, 1.807) is 0 Å². The molecular formula is C23H27N7O. The first-order valence-corrected chi connectivity index (χ1v) is 11.0. The normalized spacial score (nSPS) is 16.2. The van der Waals surface area contributed by atoms with E-state index in [2.05, 4.69) is 43.2 Å². The number of piperidine rings is 1. The first kappa shape index (κ1) is 19.5. The molecule has 1 amide bonds. The Balaban J connectivity index is 1.17. The van der Waals surface area contributed by atoms with Crippen molar-refractivity contribution in [3.8, 4) is 11.4 Å². The van der Waals surface area contributed by atoms with Crippen molar-refractivity contribution in [1.29, 1.82) is 0 Å². The summed E-state index contributed by atoms with van der Waals surface area (Å²) in [5.41, 5.74) is 3.83. The largest absolute Gasteiger partial charge is 0.376 e. The van der Waals surface area contributed by atoms with Crippen molar-refractivity contribution in [3.05, 3.63) is 48.5 Å². The van der Waals surface area contributed by atoms with Gasteiger partial charge >= 0.3 is 0 Å². The molecule has 8 heteroatoms. The predicted molar refractivity (Wildman–Crippen MR) is 121 cm³/mol. The molecule has 0 unspecified atom stereocenters. The highest BCUT2D eigenvalue weighted by Gasteiger charge is 2.28. The molecule has 0 atom stereocenters. The summed E-state index contributed by atoms with van der Waals surface area (Å²) in [6, 6.07) is 16.4. The Hall–Kier alpha value is -3.42. The van der Waals surface area contributed by atoms with Gasteiger partial charge in [0.15, 0.2) is 5.82 Å². The molecule has 0 spiro atoms. The quantitative estimate of drug-likeness (QED) is 0.609. The Kier molecular flexibility index (Phi) is 5.52. The highest BCUT2D eigenvalue weighted by atomic mass is 16.1. The maximum Gasteiger partial charge on any atom is 0.243 e. The zero-order valence-corrected chi connectivity index (χ0v) is 17.5. The third-order valence-corrected chi connectivity index (χ3v) is 5.83. The molecule has 3 aromatic rings. The average Bonchev–Trinajstić information content (AvgIpc) is 3.55. The average molecular weight is 418 g/mol. The van der Waals surface area contributed by atoms with Crippen LogP contribution >= 0.6 is 0 Å². The number of carbonyl (C=O) groups excluding carboxylic acids is 1. The summed E-state index contributed by atoms with van der Waals surface area (Å²) in [4.78, 5) is 14.8. The van der Waals surface area contributed by atoms with Crippen molar-refractivity contribution in [2.75, 3.05) is 35.2 Å². The summed E-state index contributed by atoms with van der Waals surface area (Å²) in [5, 5.41) is 18.3. The maximum absolute atomic E-state index is 12.4. The Morgan fingerprint density at radius 3 is 2.58 bits per heavy atom. The van der Waals surface area contributed by atoms with E-state index in [0.29, 0.717) is 6.04 Å². The van der Waals surface area contributed by atoms with Crippen LogP contribution in [0.5, 0.6) is 0 Å². The first-order valence-electron chi connectivity index (χ1n) is 11.0. The van der Waals surface area contributed by atoms with Crippen LogP contribution in [0, 0.1) is 0 Å². The Bertz CT molecular complexity index is 1040. The zero-order chi connectivity index (χ0) is 21.0. The van der Waals surface area contributed by atoms with E-state index >= 15 is 0 Å². The molecule has 1 saturated carbocycles. The van der Waals surface area contributed by atoms with Crippen LogP contribution in [0.1, 0.15) is 38.1 Å². The second kappa shape index (κ2) is 8.75. The highest BCUT2D eigenvalue weighted by molar-refractivity contribution is 5.94. The van der Waals surface area contributed by atoms with Crippen molar-refractivity contribution in [2.45, 2.75) is 38.1 Å². The Morgan fingerprint density at radius 2 is 1.81 bits per heavy atom. The van der Waals surface area contributed by atoms with Gasteiger partial charge in [-0.25, -0.2) is 4.68 Å². The van der Waals surface area contributed by atoms with Crippen molar-refractivity contribution >= 4 is 23.0 Å². The third-order valence-electron chi connectivity index (χ3n) is 5.83. The van der Waals surface area contributed by atoms with Gasteiger partial charge in [-0.05, 0) is 78.9 Å². The molecule has 2 aromatic carbocycles. The van der Waals surface area contributed by atoms with Crippen LogP contribution in [0.15, 0.2) is 48.5 Å². The molecule has 0 radical (unpaired) electrons. The van der Waals surface area contributed by atoms with E-state index in [9.17, 15) is 4.79 Å². The molecule has 2 fully saturated rings. The van der Waals surface area contributed by atoms with Gasteiger partial charge in [-0.3, -0.25) is 4.79 Å². The lowest BCUT2D eigenvalue weighted by Crippen LogP contribution is -2.29. The maximum atomic E-state index is 12.4. The number of amides is 1. The smallest absolute Gasteiger partial charge is 0.243 e. The summed E-state index contributed by atoms with van der Waals surface area (Å²) in [5.74, 6) is 0.684. The van der Waals surface area contributed by atoms with E-state index in [-0.39, 0.29) is 12.5 Å². The lowest BCUT2D eigenvalue weighted by molar-refractivity contribution is -0.114. The summed E-state index contributed by atoms with van der Waals surface area (Å²) in [6.07, 6.45) is 6.06. The van der Waals surface area contributed by atoms with Gasteiger partial charge in [0.2, 0.25) is 5.91 Å². The fourth-order valence-electron chi connectivity index (χ4n) is 4.01. The van der Waals surface area contributed by atoms with Crippen molar-refractivity contribution in [1.82, 2.24) is 20.2 Å². The molecular weight excluding hydrogens is 390 g/mol. The van der Waals surface area contributed by atoms with Gasteiger partial charge in [0.1, 0.15) is 0 Å². The van der Waals surface area contributed by atoms with Gasteiger partial charge in [0.05, 0.1) is 12.6 Å². The van der Waals surface area contributed by atoms with Crippen LogP contribution < -0.4 is 15.5 Å². The van der Waals surface area contributed by atoms with Crippen molar-refractivity contribution in [3.63, 3.8) is 0 Å². The number of tetrazole rings is 1. The summed E-state index contributed by atoms with van der Waals surface area (Å²) in [6.45, 7) is 2.41. The molecule has 2 aliphatic rings. The Labute approximate surface area is 181 Å². The zero-order valence-electron chi connectivity index (χ0n) is 17.5. The minimum Gasteiger partial charge on any atom is -0.376 e. The first-order chi connectivity index (χ1) is 15.3. The van der Waals surface area contributed by atoms with E-state index in [4.69, 9.17) is 0 Å². The summed E-state index contributed by atoms with van der Waals surface area (Å²) in [7, 11) is 0. The molecule has 8 nitrogen and oxygen atoms in total. The van der Waals surface area contributed by atoms with Gasteiger partial charge in [-0.15, -0.1) is 5.10 Å². The number of anilines is 3. The highest BCUT2D eigenvalue weighted by Crippen LogP contribution is 2.36. The van der Waals surface area contributed by atoms with Gasteiger partial charge in [-0.2, -0.15) is 0 Å². The number of carbonyl (C=O) groups is 1. The van der Waals surface area contributed by atoms with Crippen molar-refractivity contribution < 1.29 is 4.79 Å². The standard InChI is InChI=1S/C23H27N7O/c31-22(25-18-7-9-20(10-8-18)29-13-2-1-3-14-29)16-24-19-6-4-5-17(15-19)23-26-27-28-30(23)21-11-12-21/h4-10,15,21,24H,1-3,11-14,16H2,(H,25,31). The van der Waals surface area contributed by atoms with E-state index in [0.717, 1.165) is 48.7 Å². The molecule has 2 N–H and O–H groups in total. The fraction of sp³-hybridized carbons (Fsp3) is 0.391. The molecule has 31 heavy (non-hydrogen) atoms. The predicted octanol–water partition coefficient (Wildman–Crippen LogP) is 3.72. The van der Waals surface area contributed by atoms with Gasteiger partial charge < -0.3 is 15.5 Å². The molecule has 1 aliphatic carbocycles. The van der Waals surface area contributed by atoms with Crippen LogP contribution in [-0.4, -0.2) is 45.7 Å². The number of hydrogen-bond donors (Lipinski definition) is 2. The van der Waals surface area contributed by atoms with Gasteiger partial charge in [0, 0.05) is 35.7 Å². The van der Waals surface area contributed by atoms with E-state index in [1.807, 2.05) is 41.1 Å². The molecule has 5 rings (SSSR count). The number of benzene rings is 2. The van der Waals surface area contributed by atoms with Crippen molar-refractivity contribution in [2.24, 2.45) is 0 Å². The second-order valence-electron chi connectivity index (χ2n) is 8.26. The number of nitrogens with zero attached hydrogens (tertiary/aromatic N) is 5. The minimum absolute atomic E-state index is 0.0843.